The molecule has 1 aromatic rings. The van der Waals surface area contributed by atoms with Crippen LogP contribution in [-0.4, -0.2) is 35.0 Å². The number of carbonyl (C=O) groups is 1. The summed E-state index contributed by atoms with van der Waals surface area (Å²) in [7, 11) is 0. The van der Waals surface area contributed by atoms with E-state index in [1.54, 1.807) is 12.3 Å². The van der Waals surface area contributed by atoms with Gasteiger partial charge in [-0.15, -0.1) is 0 Å². The molecule has 0 fully saturated rings. The number of likely N-dealkylation sites (N-methyl/N-ethyl adjacent to an activating group) is 1. The molecule has 0 saturated carbocycles. The van der Waals surface area contributed by atoms with Crippen molar-refractivity contribution in [2.75, 3.05) is 18.0 Å². The highest BCUT2D eigenvalue weighted by atomic mass is 32.1. The summed E-state index contributed by atoms with van der Waals surface area (Å²) in [5.41, 5.74) is 6.37. The summed E-state index contributed by atoms with van der Waals surface area (Å²) in [6.07, 6.45) is 1.67. The third-order valence-electron chi connectivity index (χ3n) is 2.52. The molecule has 0 aromatic carbocycles. The number of pyridine rings is 1. The molecule has 1 rings (SSSR count). The van der Waals surface area contributed by atoms with Gasteiger partial charge in [-0.2, -0.15) is 0 Å². The molecule has 6 heteroatoms. The maximum absolute atomic E-state index is 11.8. The lowest BCUT2D eigenvalue weighted by atomic mass is 10.2. The number of aromatic nitrogens is 1. The second-order valence-electron chi connectivity index (χ2n) is 4.48. The van der Waals surface area contributed by atoms with Crippen molar-refractivity contribution >= 4 is 28.9 Å². The fourth-order valence-electron chi connectivity index (χ4n) is 1.72. The summed E-state index contributed by atoms with van der Waals surface area (Å²) in [6.45, 7) is 6.70. The van der Waals surface area contributed by atoms with E-state index in [0.717, 1.165) is 0 Å². The van der Waals surface area contributed by atoms with Crippen molar-refractivity contribution in [3.05, 3.63) is 23.9 Å². The van der Waals surface area contributed by atoms with Crippen molar-refractivity contribution in [2.45, 2.75) is 26.8 Å². The molecule has 5 nitrogen and oxygen atoms in total. The van der Waals surface area contributed by atoms with Gasteiger partial charge in [0.25, 0.3) is 0 Å². The van der Waals surface area contributed by atoms with Gasteiger partial charge < -0.3 is 16.0 Å². The van der Waals surface area contributed by atoms with Crippen LogP contribution < -0.4 is 16.0 Å². The Hall–Kier alpha value is -1.69. The third-order valence-corrected chi connectivity index (χ3v) is 2.74. The van der Waals surface area contributed by atoms with Crippen molar-refractivity contribution in [3.63, 3.8) is 0 Å². The van der Waals surface area contributed by atoms with Crippen LogP contribution in [0.25, 0.3) is 0 Å². The maximum Gasteiger partial charge on any atom is 0.239 e. The zero-order valence-corrected chi connectivity index (χ0v) is 12.3. The van der Waals surface area contributed by atoms with E-state index in [2.05, 4.69) is 10.3 Å². The molecule has 0 bridgehead atoms. The largest absolute Gasteiger partial charge is 0.389 e. The maximum atomic E-state index is 11.8. The first kappa shape index (κ1) is 15.4. The number of carbonyl (C=O) groups excluding carboxylic acids is 1. The minimum atomic E-state index is -0.0450. The number of nitrogens with zero attached hydrogens (tertiary/aromatic N) is 2. The number of amides is 1. The minimum Gasteiger partial charge on any atom is -0.389 e. The molecule has 0 atom stereocenters. The lowest BCUT2D eigenvalue weighted by Crippen LogP contribution is -2.41. The van der Waals surface area contributed by atoms with Crippen LogP contribution in [0.2, 0.25) is 0 Å². The fourth-order valence-corrected chi connectivity index (χ4v) is 1.88. The highest BCUT2D eigenvalue weighted by molar-refractivity contribution is 7.80. The SMILES string of the molecule is CCN(CC(=O)NC(C)C)c1ncccc1C(N)=S. The number of hydrogen-bond acceptors (Lipinski definition) is 4. The normalized spacial score (nSPS) is 10.3. The molecule has 1 heterocycles. The van der Waals surface area contributed by atoms with E-state index in [9.17, 15) is 4.79 Å². The van der Waals surface area contributed by atoms with Gasteiger partial charge in [-0.1, -0.05) is 12.2 Å². The monoisotopic (exact) mass is 280 g/mol. The number of thiocarbonyl (C=S) groups is 1. The summed E-state index contributed by atoms with van der Waals surface area (Å²) in [6, 6.07) is 3.71. The molecule has 19 heavy (non-hydrogen) atoms. The van der Waals surface area contributed by atoms with E-state index in [0.29, 0.717) is 17.9 Å². The molecule has 104 valence electrons. The molecule has 3 N–H and O–H groups in total. The Kier molecular flexibility index (Phi) is 5.69. The Morgan fingerprint density at radius 2 is 2.26 bits per heavy atom. The van der Waals surface area contributed by atoms with Crippen LogP contribution in [0.3, 0.4) is 0 Å². The van der Waals surface area contributed by atoms with E-state index in [1.165, 1.54) is 0 Å². The molecule has 0 aliphatic rings. The highest BCUT2D eigenvalue weighted by Crippen LogP contribution is 2.16. The van der Waals surface area contributed by atoms with Crippen molar-refractivity contribution in [1.29, 1.82) is 0 Å². The molecule has 0 radical (unpaired) electrons. The molecule has 1 amide bonds. The molecule has 0 unspecified atom stereocenters. The van der Waals surface area contributed by atoms with Crippen molar-refractivity contribution < 1.29 is 4.79 Å². The van der Waals surface area contributed by atoms with Crippen LogP contribution in [0.1, 0.15) is 26.3 Å². The lowest BCUT2D eigenvalue weighted by molar-refractivity contribution is -0.120. The predicted octanol–water partition coefficient (Wildman–Crippen LogP) is 1.07. The predicted molar refractivity (Wildman–Crippen MR) is 81.3 cm³/mol. The molecular formula is C13H20N4OS. The smallest absolute Gasteiger partial charge is 0.239 e. The highest BCUT2D eigenvalue weighted by Gasteiger charge is 2.16. The summed E-state index contributed by atoms with van der Waals surface area (Å²) in [4.78, 5) is 18.3. The first-order valence-corrected chi connectivity index (χ1v) is 6.65. The first-order chi connectivity index (χ1) is 8.95. The van der Waals surface area contributed by atoms with Crippen molar-refractivity contribution in [1.82, 2.24) is 10.3 Å². The van der Waals surface area contributed by atoms with Crippen LogP contribution in [0, 0.1) is 0 Å². The van der Waals surface area contributed by atoms with E-state index >= 15 is 0 Å². The van der Waals surface area contributed by atoms with Gasteiger partial charge in [0, 0.05) is 18.8 Å². The molecular weight excluding hydrogens is 260 g/mol. The average Bonchev–Trinajstić information content (AvgIpc) is 2.35. The summed E-state index contributed by atoms with van der Waals surface area (Å²) < 4.78 is 0. The fraction of sp³-hybridized carbons (Fsp3) is 0.462. The Bertz CT molecular complexity index is 462. The van der Waals surface area contributed by atoms with E-state index < -0.39 is 0 Å². The van der Waals surface area contributed by atoms with Gasteiger partial charge in [-0.25, -0.2) is 4.98 Å². The zero-order chi connectivity index (χ0) is 14.4. The number of nitrogens with one attached hydrogen (secondary N) is 1. The van der Waals surface area contributed by atoms with Gasteiger partial charge in [-0.3, -0.25) is 4.79 Å². The molecule has 0 aliphatic heterocycles. The van der Waals surface area contributed by atoms with Gasteiger partial charge in [0.2, 0.25) is 5.91 Å². The second kappa shape index (κ2) is 7.04. The average molecular weight is 280 g/mol. The number of rotatable bonds is 6. The van der Waals surface area contributed by atoms with E-state index in [4.69, 9.17) is 18.0 Å². The van der Waals surface area contributed by atoms with E-state index in [1.807, 2.05) is 31.7 Å². The van der Waals surface area contributed by atoms with Crippen LogP contribution in [0.5, 0.6) is 0 Å². The Balaban J connectivity index is 2.91. The Morgan fingerprint density at radius 1 is 1.58 bits per heavy atom. The molecule has 0 saturated heterocycles. The first-order valence-electron chi connectivity index (χ1n) is 6.24. The summed E-state index contributed by atoms with van der Waals surface area (Å²) in [5, 5.41) is 2.85. The van der Waals surface area contributed by atoms with Crippen LogP contribution in [0.15, 0.2) is 18.3 Å². The van der Waals surface area contributed by atoms with E-state index in [-0.39, 0.29) is 23.5 Å². The quantitative estimate of drug-likeness (QED) is 0.763. The van der Waals surface area contributed by atoms with Crippen LogP contribution >= 0.6 is 12.2 Å². The number of anilines is 1. The summed E-state index contributed by atoms with van der Waals surface area (Å²) in [5.74, 6) is 0.604. The van der Waals surface area contributed by atoms with Gasteiger partial charge in [0.15, 0.2) is 0 Å². The van der Waals surface area contributed by atoms with Crippen molar-refractivity contribution in [3.8, 4) is 0 Å². The summed E-state index contributed by atoms with van der Waals surface area (Å²) >= 11 is 5.01. The number of nitrogens with two attached hydrogens (primary N) is 1. The van der Waals surface area contributed by atoms with Crippen LogP contribution in [0.4, 0.5) is 5.82 Å². The van der Waals surface area contributed by atoms with Gasteiger partial charge >= 0.3 is 0 Å². The standard InChI is InChI=1S/C13H20N4OS/c1-4-17(8-11(18)16-9(2)3)13-10(12(14)19)6-5-7-15-13/h5-7,9H,4,8H2,1-3H3,(H2,14,19)(H,16,18). The zero-order valence-electron chi connectivity index (χ0n) is 11.5. The van der Waals surface area contributed by atoms with Crippen molar-refractivity contribution in [2.24, 2.45) is 5.73 Å². The number of hydrogen-bond donors (Lipinski definition) is 2. The third kappa shape index (κ3) is 4.48. The Labute approximate surface area is 119 Å². The minimum absolute atomic E-state index is 0.0450. The molecule has 1 aromatic heterocycles. The van der Waals surface area contributed by atoms with Gasteiger partial charge in [0.1, 0.15) is 10.8 Å². The van der Waals surface area contributed by atoms with Gasteiger partial charge in [-0.05, 0) is 32.9 Å². The lowest BCUT2D eigenvalue weighted by Gasteiger charge is -2.24. The second-order valence-corrected chi connectivity index (χ2v) is 4.92. The van der Waals surface area contributed by atoms with Crippen LogP contribution in [-0.2, 0) is 4.79 Å². The Morgan fingerprint density at radius 3 is 2.79 bits per heavy atom. The topological polar surface area (TPSA) is 71.2 Å². The van der Waals surface area contributed by atoms with Gasteiger partial charge in [0.05, 0.1) is 12.1 Å². The molecule has 0 aliphatic carbocycles. The molecule has 0 spiro atoms.